The molecule has 3 N–H and O–H groups in total. The minimum Gasteiger partial charge on any atom is -0.479 e. The van der Waals surface area contributed by atoms with Crippen molar-refractivity contribution in [2.75, 3.05) is 26.2 Å². The van der Waals surface area contributed by atoms with Gasteiger partial charge < -0.3 is 25.2 Å². The molecule has 8 heteroatoms. The first-order valence-electron chi connectivity index (χ1n) is 12.2. The van der Waals surface area contributed by atoms with Gasteiger partial charge in [0.2, 0.25) is 5.91 Å². The van der Waals surface area contributed by atoms with Crippen molar-refractivity contribution in [3.63, 3.8) is 0 Å². The SMILES string of the molecule is O=C(NCC(CC(=O)N1CCC(O)(C(=O)O)C1)C1CC1)OCC1c2ccccc2-c2ccccc21. The standard InChI is InChI=1S/C27H30N2O6/c30-24(29-12-11-27(34,16-29)25(31)32)13-18(17-9-10-17)14-28-26(33)35-15-23-21-7-3-1-5-19(21)20-6-2-4-8-22(20)23/h1-8,17-18,23,34H,9-16H2,(H,28,33)(H,31,32). The molecule has 2 aliphatic carbocycles. The molecule has 2 aromatic rings. The van der Waals surface area contributed by atoms with E-state index in [0.717, 1.165) is 24.0 Å². The van der Waals surface area contributed by atoms with Gasteiger partial charge in [-0.05, 0) is 46.9 Å². The Kier molecular flexibility index (Phi) is 6.23. The van der Waals surface area contributed by atoms with Crippen molar-refractivity contribution in [1.82, 2.24) is 10.2 Å². The molecule has 8 nitrogen and oxygen atoms in total. The molecule has 1 aliphatic heterocycles. The summed E-state index contributed by atoms with van der Waals surface area (Å²) in [5, 5.41) is 22.1. The van der Waals surface area contributed by atoms with E-state index in [1.807, 2.05) is 24.3 Å². The molecule has 1 saturated carbocycles. The van der Waals surface area contributed by atoms with Crippen LogP contribution in [0.1, 0.15) is 42.7 Å². The third-order valence-corrected chi connectivity index (χ3v) is 7.58. The molecule has 2 amide bonds. The lowest BCUT2D eigenvalue weighted by atomic mass is 9.98. The van der Waals surface area contributed by atoms with Crippen molar-refractivity contribution in [3.05, 3.63) is 59.7 Å². The minimum atomic E-state index is -1.87. The number of hydrogen-bond acceptors (Lipinski definition) is 5. The van der Waals surface area contributed by atoms with E-state index >= 15 is 0 Å². The second kappa shape index (κ2) is 9.34. The summed E-state index contributed by atoms with van der Waals surface area (Å²) < 4.78 is 5.60. The molecule has 1 saturated heterocycles. The lowest BCUT2D eigenvalue weighted by Gasteiger charge is -2.23. The van der Waals surface area contributed by atoms with Crippen molar-refractivity contribution in [2.45, 2.75) is 37.2 Å². The van der Waals surface area contributed by atoms with Crippen molar-refractivity contribution in [2.24, 2.45) is 11.8 Å². The highest BCUT2D eigenvalue weighted by Crippen LogP contribution is 2.44. The molecule has 2 unspecified atom stereocenters. The summed E-state index contributed by atoms with van der Waals surface area (Å²) in [5.74, 6) is -1.19. The van der Waals surface area contributed by atoms with E-state index < -0.39 is 17.7 Å². The van der Waals surface area contributed by atoms with Crippen molar-refractivity contribution >= 4 is 18.0 Å². The first-order chi connectivity index (χ1) is 16.9. The lowest BCUT2D eigenvalue weighted by molar-refractivity contribution is -0.157. The van der Waals surface area contributed by atoms with Gasteiger partial charge in [-0.1, -0.05) is 48.5 Å². The molecule has 184 valence electrons. The van der Waals surface area contributed by atoms with Gasteiger partial charge in [0.15, 0.2) is 5.60 Å². The number of rotatable bonds is 8. The Labute approximate surface area is 203 Å². The van der Waals surface area contributed by atoms with Crippen molar-refractivity contribution < 1.29 is 29.3 Å². The molecule has 0 bridgehead atoms. The van der Waals surface area contributed by atoms with Crippen LogP contribution in [0.15, 0.2) is 48.5 Å². The molecule has 3 aliphatic rings. The Morgan fingerprint density at radius 1 is 1.06 bits per heavy atom. The fourth-order valence-corrected chi connectivity index (χ4v) is 5.37. The number of carbonyl (C=O) groups excluding carboxylic acids is 2. The number of fused-ring (bicyclic) bond motifs is 3. The molecule has 5 rings (SSSR count). The van der Waals surface area contributed by atoms with Gasteiger partial charge in [-0.25, -0.2) is 9.59 Å². The normalized spacial score (nSPS) is 21.8. The van der Waals surface area contributed by atoms with Crippen LogP contribution in [0.2, 0.25) is 0 Å². The first-order valence-corrected chi connectivity index (χ1v) is 12.2. The number of ether oxygens (including phenoxy) is 1. The van der Waals surface area contributed by atoms with E-state index in [-0.39, 0.29) is 50.3 Å². The number of aliphatic hydroxyl groups is 1. The highest BCUT2D eigenvalue weighted by molar-refractivity contribution is 5.82. The fraction of sp³-hybridized carbons (Fsp3) is 0.444. The van der Waals surface area contributed by atoms with Gasteiger partial charge in [0.25, 0.3) is 0 Å². The van der Waals surface area contributed by atoms with E-state index in [9.17, 15) is 24.6 Å². The van der Waals surface area contributed by atoms with Crippen molar-refractivity contribution in [1.29, 1.82) is 0 Å². The third kappa shape index (κ3) is 4.75. The Morgan fingerprint density at radius 2 is 1.69 bits per heavy atom. The number of carbonyl (C=O) groups is 3. The molecule has 0 spiro atoms. The largest absolute Gasteiger partial charge is 0.479 e. The first kappa shape index (κ1) is 23.4. The van der Waals surface area contributed by atoms with Crippen LogP contribution in [0.25, 0.3) is 11.1 Å². The molecular formula is C27H30N2O6. The topological polar surface area (TPSA) is 116 Å². The highest BCUT2D eigenvalue weighted by Gasteiger charge is 2.45. The number of carboxylic acid groups (broad SMARTS) is 1. The smallest absolute Gasteiger partial charge is 0.407 e. The summed E-state index contributed by atoms with van der Waals surface area (Å²) in [6.45, 7) is 0.579. The summed E-state index contributed by atoms with van der Waals surface area (Å²) in [6.07, 6.45) is 1.74. The maximum atomic E-state index is 12.8. The summed E-state index contributed by atoms with van der Waals surface area (Å²) in [7, 11) is 0. The minimum absolute atomic E-state index is 0.0166. The van der Waals surface area contributed by atoms with Gasteiger partial charge >= 0.3 is 12.1 Å². The van der Waals surface area contributed by atoms with E-state index in [1.165, 1.54) is 16.0 Å². The van der Waals surface area contributed by atoms with Crippen LogP contribution < -0.4 is 5.32 Å². The van der Waals surface area contributed by atoms with E-state index in [4.69, 9.17) is 4.74 Å². The molecule has 2 fully saturated rings. The predicted molar refractivity (Wildman–Crippen MR) is 128 cm³/mol. The van der Waals surface area contributed by atoms with E-state index in [2.05, 4.69) is 29.6 Å². The summed E-state index contributed by atoms with van der Waals surface area (Å²) in [6, 6.07) is 16.3. The zero-order valence-electron chi connectivity index (χ0n) is 19.5. The number of likely N-dealkylation sites (tertiary alicyclic amines) is 1. The maximum absolute atomic E-state index is 12.8. The molecule has 0 aromatic heterocycles. The molecule has 2 atom stereocenters. The number of β-amino-alcohol motifs (C(OH)–C–C–N with tert-alkyl or cyclic N) is 1. The average molecular weight is 479 g/mol. The predicted octanol–water partition coefficient (Wildman–Crippen LogP) is 2.99. The summed E-state index contributed by atoms with van der Waals surface area (Å²) in [5.41, 5.74) is 2.76. The van der Waals surface area contributed by atoms with Crippen LogP contribution in [0.4, 0.5) is 4.79 Å². The van der Waals surface area contributed by atoms with Gasteiger partial charge in [0.1, 0.15) is 6.61 Å². The van der Waals surface area contributed by atoms with Gasteiger partial charge in [0, 0.05) is 31.8 Å². The number of hydrogen-bond donors (Lipinski definition) is 3. The van der Waals surface area contributed by atoms with Crippen LogP contribution in [0.3, 0.4) is 0 Å². The summed E-state index contributed by atoms with van der Waals surface area (Å²) in [4.78, 5) is 38.0. The van der Waals surface area contributed by atoms with Crippen molar-refractivity contribution in [3.8, 4) is 11.1 Å². The number of nitrogens with zero attached hydrogens (tertiary/aromatic N) is 1. The number of aliphatic carboxylic acids is 1. The van der Waals surface area contributed by atoms with Crippen LogP contribution in [-0.4, -0.2) is 64.9 Å². The zero-order chi connectivity index (χ0) is 24.6. The number of alkyl carbamates (subject to hydrolysis) is 1. The van der Waals surface area contributed by atoms with Gasteiger partial charge in [-0.15, -0.1) is 0 Å². The lowest BCUT2D eigenvalue weighted by Crippen LogP contribution is -2.43. The monoisotopic (exact) mass is 478 g/mol. The van der Waals surface area contributed by atoms with E-state index in [0.29, 0.717) is 12.5 Å². The van der Waals surface area contributed by atoms with E-state index in [1.54, 1.807) is 0 Å². The quantitative estimate of drug-likeness (QED) is 0.537. The number of amides is 2. The zero-order valence-corrected chi connectivity index (χ0v) is 19.5. The number of carboxylic acids is 1. The molecular weight excluding hydrogens is 448 g/mol. The van der Waals surface area contributed by atoms with Gasteiger partial charge in [0.05, 0.1) is 6.54 Å². The van der Waals surface area contributed by atoms with Gasteiger partial charge in [-0.3, -0.25) is 4.79 Å². The summed E-state index contributed by atoms with van der Waals surface area (Å²) >= 11 is 0. The average Bonchev–Trinajstić information content (AvgIpc) is 3.54. The van der Waals surface area contributed by atoms with Crippen LogP contribution >= 0.6 is 0 Å². The Balaban J connectivity index is 1.14. The number of nitrogens with one attached hydrogen (secondary N) is 1. The fourth-order valence-electron chi connectivity index (χ4n) is 5.37. The second-order valence-corrected chi connectivity index (χ2v) is 9.91. The third-order valence-electron chi connectivity index (χ3n) is 7.58. The second-order valence-electron chi connectivity index (χ2n) is 9.91. The van der Waals surface area contributed by atoms with Crippen LogP contribution in [-0.2, 0) is 14.3 Å². The number of benzene rings is 2. The maximum Gasteiger partial charge on any atom is 0.407 e. The molecule has 0 radical (unpaired) electrons. The highest BCUT2D eigenvalue weighted by atomic mass is 16.5. The Hall–Kier alpha value is -3.39. The van der Waals surface area contributed by atoms with Crippen LogP contribution in [0, 0.1) is 11.8 Å². The van der Waals surface area contributed by atoms with Crippen LogP contribution in [0.5, 0.6) is 0 Å². The molecule has 35 heavy (non-hydrogen) atoms. The Morgan fingerprint density at radius 3 is 2.26 bits per heavy atom. The Bertz CT molecular complexity index is 1100. The molecule has 1 heterocycles. The van der Waals surface area contributed by atoms with Gasteiger partial charge in [-0.2, -0.15) is 0 Å². The molecule has 2 aromatic carbocycles.